The number of nitrogen functional groups attached to an aromatic ring is 1. The van der Waals surface area contributed by atoms with Gasteiger partial charge in [0, 0.05) is 0 Å². The molecule has 0 saturated carbocycles. The molecule has 4 heteroatoms. The van der Waals surface area contributed by atoms with Gasteiger partial charge in [-0.05, 0) is 38.6 Å². The molecule has 1 atom stereocenters. The Kier molecular flexibility index (Phi) is 2.11. The fraction of sp³-hybridized carbons (Fsp3) is 0.417. The molecule has 1 aliphatic heterocycles. The minimum absolute atomic E-state index is 0.409. The zero-order valence-corrected chi connectivity index (χ0v) is 9.43. The van der Waals surface area contributed by atoms with Gasteiger partial charge in [-0.2, -0.15) is 0 Å². The average molecular weight is 216 g/mol. The van der Waals surface area contributed by atoms with Crippen molar-refractivity contribution in [1.29, 1.82) is 0 Å². The van der Waals surface area contributed by atoms with Crippen molar-refractivity contribution in [2.75, 3.05) is 19.3 Å². The lowest BCUT2D eigenvalue weighted by Gasteiger charge is -2.18. The number of hydrogen-bond acceptors (Lipinski definition) is 3. The molecule has 4 nitrogen and oxygen atoms in total. The van der Waals surface area contributed by atoms with E-state index in [4.69, 9.17) is 5.73 Å². The quantitative estimate of drug-likeness (QED) is 0.789. The van der Waals surface area contributed by atoms with Gasteiger partial charge in [0.05, 0.1) is 17.8 Å². The van der Waals surface area contributed by atoms with Gasteiger partial charge in [-0.1, -0.05) is 6.07 Å². The first kappa shape index (κ1) is 9.66. The number of aromatic nitrogens is 2. The van der Waals surface area contributed by atoms with Crippen LogP contribution >= 0.6 is 0 Å². The van der Waals surface area contributed by atoms with Gasteiger partial charge in [0.2, 0.25) is 0 Å². The summed E-state index contributed by atoms with van der Waals surface area (Å²) in [5.74, 6) is 1.85. The van der Waals surface area contributed by atoms with Gasteiger partial charge in [-0.3, -0.25) is 9.30 Å². The van der Waals surface area contributed by atoms with Crippen LogP contribution < -0.4 is 5.73 Å². The van der Waals surface area contributed by atoms with Crippen LogP contribution in [0.4, 0.5) is 5.82 Å². The molecule has 0 spiro atoms. The zero-order valence-electron chi connectivity index (χ0n) is 9.43. The number of likely N-dealkylation sites (tertiary alicyclic amines) is 1. The van der Waals surface area contributed by atoms with Crippen molar-refractivity contribution in [2.45, 2.75) is 18.9 Å². The van der Waals surface area contributed by atoms with Crippen LogP contribution in [0.25, 0.3) is 5.52 Å². The lowest BCUT2D eigenvalue weighted by Crippen LogP contribution is -2.20. The van der Waals surface area contributed by atoms with Crippen LogP contribution in [0.3, 0.4) is 0 Å². The van der Waals surface area contributed by atoms with Crippen molar-refractivity contribution in [1.82, 2.24) is 14.3 Å². The number of rotatable bonds is 1. The predicted octanol–water partition coefficient (Wildman–Crippen LogP) is 1.68. The zero-order chi connectivity index (χ0) is 11.1. The molecule has 2 aromatic rings. The summed E-state index contributed by atoms with van der Waals surface area (Å²) < 4.78 is 2.06. The van der Waals surface area contributed by atoms with Gasteiger partial charge in [-0.25, -0.2) is 4.98 Å². The third-order valence-electron chi connectivity index (χ3n) is 3.43. The highest BCUT2D eigenvalue weighted by atomic mass is 15.2. The number of imidazole rings is 1. The van der Waals surface area contributed by atoms with Gasteiger partial charge < -0.3 is 5.73 Å². The van der Waals surface area contributed by atoms with Crippen LogP contribution in [0.2, 0.25) is 0 Å². The Balaban J connectivity index is 2.16. The van der Waals surface area contributed by atoms with E-state index in [1.165, 1.54) is 12.8 Å². The van der Waals surface area contributed by atoms with Crippen LogP contribution in [0, 0.1) is 0 Å². The predicted molar refractivity (Wildman–Crippen MR) is 64.2 cm³/mol. The lowest BCUT2D eigenvalue weighted by molar-refractivity contribution is 0.305. The number of nitrogens with two attached hydrogens (primary N) is 1. The molecule has 1 fully saturated rings. The van der Waals surface area contributed by atoms with E-state index in [1.807, 2.05) is 24.4 Å². The molecule has 1 aliphatic rings. The summed E-state index contributed by atoms with van der Waals surface area (Å²) in [6.45, 7) is 1.15. The molecule has 0 amide bonds. The molecule has 16 heavy (non-hydrogen) atoms. The highest BCUT2D eigenvalue weighted by Gasteiger charge is 2.26. The Bertz CT molecular complexity index is 517. The summed E-state index contributed by atoms with van der Waals surface area (Å²) in [6.07, 6.45) is 4.31. The first-order chi connectivity index (χ1) is 7.77. The summed E-state index contributed by atoms with van der Waals surface area (Å²) in [6, 6.07) is 6.34. The molecule has 0 aliphatic carbocycles. The van der Waals surface area contributed by atoms with E-state index in [0.717, 1.165) is 23.7 Å². The number of pyridine rings is 1. The maximum absolute atomic E-state index is 6.02. The largest absolute Gasteiger partial charge is 0.385 e. The summed E-state index contributed by atoms with van der Waals surface area (Å²) in [5, 5.41) is 0. The molecule has 0 bridgehead atoms. The molecule has 2 aromatic heterocycles. The van der Waals surface area contributed by atoms with E-state index in [0.29, 0.717) is 6.04 Å². The minimum atomic E-state index is 0.409. The van der Waals surface area contributed by atoms with E-state index in [9.17, 15) is 0 Å². The standard InChI is InChI=1S/C12H16N4/c1-15-7-3-5-10(15)12-14-8-9-4-2-6-11(13)16(9)12/h2,4,6,8,10H,3,5,7,13H2,1H3. The second kappa shape index (κ2) is 3.49. The average Bonchev–Trinajstić information content (AvgIpc) is 2.84. The minimum Gasteiger partial charge on any atom is -0.385 e. The van der Waals surface area contributed by atoms with Crippen molar-refractivity contribution in [3.8, 4) is 0 Å². The number of fused-ring (bicyclic) bond motifs is 1. The van der Waals surface area contributed by atoms with Crippen LogP contribution in [0.5, 0.6) is 0 Å². The molecule has 1 saturated heterocycles. The highest BCUT2D eigenvalue weighted by Crippen LogP contribution is 2.30. The molecule has 3 heterocycles. The van der Waals surface area contributed by atoms with E-state index in [-0.39, 0.29) is 0 Å². The number of anilines is 1. The van der Waals surface area contributed by atoms with Gasteiger partial charge in [-0.15, -0.1) is 0 Å². The highest BCUT2D eigenvalue weighted by molar-refractivity contribution is 5.53. The molecule has 84 valence electrons. The fourth-order valence-electron chi connectivity index (χ4n) is 2.57. The Labute approximate surface area is 94.7 Å². The topological polar surface area (TPSA) is 46.6 Å². The summed E-state index contributed by atoms with van der Waals surface area (Å²) in [7, 11) is 2.15. The number of nitrogens with zero attached hydrogens (tertiary/aromatic N) is 3. The van der Waals surface area contributed by atoms with Crippen LogP contribution in [-0.4, -0.2) is 27.9 Å². The maximum Gasteiger partial charge on any atom is 0.132 e. The number of hydrogen-bond donors (Lipinski definition) is 1. The van der Waals surface area contributed by atoms with Crippen LogP contribution in [0.1, 0.15) is 24.7 Å². The Morgan fingerprint density at radius 3 is 3.06 bits per heavy atom. The monoisotopic (exact) mass is 216 g/mol. The fourth-order valence-corrected chi connectivity index (χ4v) is 2.57. The molecule has 1 unspecified atom stereocenters. The molecular weight excluding hydrogens is 200 g/mol. The first-order valence-corrected chi connectivity index (χ1v) is 5.69. The Hall–Kier alpha value is -1.55. The van der Waals surface area contributed by atoms with Gasteiger partial charge >= 0.3 is 0 Å². The van der Waals surface area contributed by atoms with E-state index >= 15 is 0 Å². The summed E-state index contributed by atoms with van der Waals surface area (Å²) >= 11 is 0. The van der Waals surface area contributed by atoms with Gasteiger partial charge in [0.25, 0.3) is 0 Å². The van der Waals surface area contributed by atoms with Crippen molar-refractivity contribution >= 4 is 11.3 Å². The van der Waals surface area contributed by atoms with E-state index in [1.54, 1.807) is 0 Å². The third kappa shape index (κ3) is 1.30. The Morgan fingerprint density at radius 1 is 1.44 bits per heavy atom. The second-order valence-corrected chi connectivity index (χ2v) is 4.47. The lowest BCUT2D eigenvalue weighted by atomic mass is 10.2. The van der Waals surface area contributed by atoms with Crippen LogP contribution in [-0.2, 0) is 0 Å². The first-order valence-electron chi connectivity index (χ1n) is 5.69. The normalized spacial score (nSPS) is 21.9. The summed E-state index contributed by atoms with van der Waals surface area (Å²) in [5.41, 5.74) is 7.10. The molecule has 0 aromatic carbocycles. The maximum atomic E-state index is 6.02. The summed E-state index contributed by atoms with van der Waals surface area (Å²) in [4.78, 5) is 6.88. The van der Waals surface area contributed by atoms with E-state index < -0.39 is 0 Å². The van der Waals surface area contributed by atoms with Crippen molar-refractivity contribution in [3.63, 3.8) is 0 Å². The third-order valence-corrected chi connectivity index (χ3v) is 3.43. The SMILES string of the molecule is CN1CCCC1c1ncc2cccc(N)n12. The molecule has 0 radical (unpaired) electrons. The van der Waals surface area contributed by atoms with Crippen molar-refractivity contribution in [2.24, 2.45) is 0 Å². The smallest absolute Gasteiger partial charge is 0.132 e. The van der Waals surface area contributed by atoms with Crippen LogP contribution in [0.15, 0.2) is 24.4 Å². The molecule has 3 rings (SSSR count). The van der Waals surface area contributed by atoms with Crippen molar-refractivity contribution in [3.05, 3.63) is 30.2 Å². The second-order valence-electron chi connectivity index (χ2n) is 4.47. The van der Waals surface area contributed by atoms with Gasteiger partial charge in [0.15, 0.2) is 0 Å². The van der Waals surface area contributed by atoms with E-state index in [2.05, 4.69) is 21.3 Å². The van der Waals surface area contributed by atoms with Crippen molar-refractivity contribution < 1.29 is 0 Å². The molecular formula is C12H16N4. The Morgan fingerprint density at radius 2 is 2.31 bits per heavy atom. The van der Waals surface area contributed by atoms with Gasteiger partial charge in [0.1, 0.15) is 11.6 Å². The molecule has 2 N–H and O–H groups in total.